The van der Waals surface area contributed by atoms with Gasteiger partial charge in [0.25, 0.3) is 5.91 Å². The Morgan fingerprint density at radius 1 is 1.25 bits per heavy atom. The van der Waals surface area contributed by atoms with E-state index in [-0.39, 0.29) is 30.2 Å². The third kappa shape index (κ3) is 5.50. The highest BCUT2D eigenvalue weighted by Gasteiger charge is 2.32. The van der Waals surface area contributed by atoms with Crippen molar-refractivity contribution >= 4 is 35.2 Å². The summed E-state index contributed by atoms with van der Waals surface area (Å²) in [6.45, 7) is 3.98. The predicted octanol–water partition coefficient (Wildman–Crippen LogP) is 3.51. The Bertz CT molecular complexity index is 731. The Morgan fingerprint density at radius 2 is 1.96 bits per heavy atom. The van der Waals surface area contributed by atoms with Crippen molar-refractivity contribution in [3.63, 3.8) is 0 Å². The Labute approximate surface area is 170 Å². The molecule has 1 heterocycles. The Kier molecular flexibility index (Phi) is 6.99. The zero-order valence-electron chi connectivity index (χ0n) is 16.4. The summed E-state index contributed by atoms with van der Waals surface area (Å²) in [6, 6.07) is 7.67. The minimum atomic E-state index is -0.808. The topological polar surface area (TPSA) is 84.5 Å². The predicted molar refractivity (Wildman–Crippen MR) is 109 cm³/mol. The molecule has 0 spiro atoms. The maximum Gasteiger partial charge on any atom is 0.308 e. The minimum absolute atomic E-state index is 0.0594. The number of hydrogen-bond donors (Lipinski definition) is 2. The van der Waals surface area contributed by atoms with Crippen LogP contribution in [-0.2, 0) is 19.1 Å². The molecule has 3 rings (SSSR count). The van der Waals surface area contributed by atoms with Crippen molar-refractivity contribution in [2.75, 3.05) is 5.32 Å². The fourth-order valence-corrected chi connectivity index (χ4v) is 4.68. The first-order valence-corrected chi connectivity index (χ1v) is 10.9. The maximum atomic E-state index is 12.6. The molecule has 1 fully saturated rings. The number of carbonyl (C=O) groups is 3. The molecule has 2 atom stereocenters. The summed E-state index contributed by atoms with van der Waals surface area (Å²) in [7, 11) is 0. The van der Waals surface area contributed by atoms with E-state index in [4.69, 9.17) is 4.74 Å². The molecule has 0 radical (unpaired) electrons. The van der Waals surface area contributed by atoms with Gasteiger partial charge in [0.2, 0.25) is 5.91 Å². The lowest BCUT2D eigenvalue weighted by Crippen LogP contribution is -2.43. The quantitative estimate of drug-likeness (QED) is 0.680. The van der Waals surface area contributed by atoms with Crippen LogP contribution in [0.25, 0.3) is 0 Å². The van der Waals surface area contributed by atoms with Gasteiger partial charge in [0.15, 0.2) is 6.10 Å². The van der Waals surface area contributed by atoms with E-state index in [1.807, 2.05) is 38.1 Å². The van der Waals surface area contributed by atoms with Crippen molar-refractivity contribution in [3.8, 4) is 0 Å². The normalized spacial score (nSPS) is 20.4. The lowest BCUT2D eigenvalue weighted by Gasteiger charge is -2.25. The van der Waals surface area contributed by atoms with Crippen LogP contribution >= 0.6 is 11.8 Å². The first-order chi connectivity index (χ1) is 13.4. The zero-order valence-corrected chi connectivity index (χ0v) is 17.2. The molecule has 0 aromatic heterocycles. The van der Waals surface area contributed by atoms with Gasteiger partial charge in [-0.2, -0.15) is 0 Å². The largest absolute Gasteiger partial charge is 0.452 e. The van der Waals surface area contributed by atoms with Gasteiger partial charge < -0.3 is 15.4 Å². The second-order valence-electron chi connectivity index (χ2n) is 7.89. The summed E-state index contributed by atoms with van der Waals surface area (Å²) in [4.78, 5) is 38.4. The van der Waals surface area contributed by atoms with Gasteiger partial charge in [-0.05, 0) is 37.3 Å². The Hall–Kier alpha value is -2.02. The molecule has 1 saturated carbocycles. The monoisotopic (exact) mass is 404 g/mol. The minimum Gasteiger partial charge on any atom is -0.452 e. The first-order valence-electron chi connectivity index (χ1n) is 9.98. The second kappa shape index (κ2) is 9.45. The van der Waals surface area contributed by atoms with Gasteiger partial charge in [0, 0.05) is 10.9 Å². The maximum absolute atomic E-state index is 12.6. The molecule has 1 aliphatic carbocycles. The molecule has 2 N–H and O–H groups in total. The van der Waals surface area contributed by atoms with E-state index in [1.165, 1.54) is 11.8 Å². The summed E-state index contributed by atoms with van der Waals surface area (Å²) >= 11 is 1.36. The third-order valence-electron chi connectivity index (χ3n) is 5.01. The molecule has 2 aliphatic rings. The van der Waals surface area contributed by atoms with Gasteiger partial charge >= 0.3 is 5.97 Å². The number of fused-ring (bicyclic) bond motifs is 1. The highest BCUT2D eigenvalue weighted by Crippen LogP contribution is 2.36. The highest BCUT2D eigenvalue weighted by molar-refractivity contribution is 8.01. The van der Waals surface area contributed by atoms with E-state index in [0.29, 0.717) is 6.42 Å². The van der Waals surface area contributed by atoms with Crippen LogP contribution in [0, 0.1) is 5.92 Å². The lowest BCUT2D eigenvalue weighted by atomic mass is 10.0. The van der Waals surface area contributed by atoms with Crippen molar-refractivity contribution in [2.24, 2.45) is 5.92 Å². The SMILES string of the molecule is CC(C)C[C@H](OC(=O)C[C@@H]1Sc2ccccc2NC1=O)C(=O)NC1CCCC1. The van der Waals surface area contributed by atoms with Crippen molar-refractivity contribution < 1.29 is 19.1 Å². The molecule has 1 aromatic rings. The number of amides is 2. The molecule has 0 saturated heterocycles. The van der Waals surface area contributed by atoms with E-state index >= 15 is 0 Å². The van der Waals surface area contributed by atoms with Crippen molar-refractivity contribution in [2.45, 2.75) is 74.7 Å². The number of para-hydroxylation sites is 1. The number of anilines is 1. The third-order valence-corrected chi connectivity index (χ3v) is 6.29. The molecule has 2 amide bonds. The van der Waals surface area contributed by atoms with Gasteiger partial charge in [-0.1, -0.05) is 38.8 Å². The fourth-order valence-electron chi connectivity index (χ4n) is 3.59. The van der Waals surface area contributed by atoms with Crippen LogP contribution in [0.15, 0.2) is 29.2 Å². The molecule has 0 bridgehead atoms. The van der Waals surface area contributed by atoms with Crippen molar-refractivity contribution in [3.05, 3.63) is 24.3 Å². The Morgan fingerprint density at radius 3 is 2.68 bits per heavy atom. The van der Waals surface area contributed by atoms with E-state index in [0.717, 1.165) is 36.3 Å². The molecule has 7 heteroatoms. The molecule has 0 unspecified atom stereocenters. The number of benzene rings is 1. The lowest BCUT2D eigenvalue weighted by molar-refractivity contribution is -0.157. The van der Waals surface area contributed by atoms with Crippen LogP contribution in [0.1, 0.15) is 52.4 Å². The number of rotatable bonds is 7. The number of esters is 1. The average Bonchev–Trinajstić information content (AvgIpc) is 3.14. The molecule has 1 aliphatic heterocycles. The molecule has 28 heavy (non-hydrogen) atoms. The number of nitrogens with one attached hydrogen (secondary N) is 2. The number of hydrogen-bond acceptors (Lipinski definition) is 5. The number of thioether (sulfide) groups is 1. The van der Waals surface area contributed by atoms with Gasteiger partial charge in [0.1, 0.15) is 0 Å². The van der Waals surface area contributed by atoms with Gasteiger partial charge in [-0.3, -0.25) is 14.4 Å². The molecular formula is C21H28N2O4S. The van der Waals surface area contributed by atoms with Crippen molar-refractivity contribution in [1.82, 2.24) is 5.32 Å². The van der Waals surface area contributed by atoms with Crippen LogP contribution in [-0.4, -0.2) is 35.2 Å². The summed E-state index contributed by atoms with van der Waals surface area (Å²) < 4.78 is 5.53. The van der Waals surface area contributed by atoms with Crippen LogP contribution in [0.3, 0.4) is 0 Å². The second-order valence-corrected chi connectivity index (χ2v) is 9.14. The highest BCUT2D eigenvalue weighted by atomic mass is 32.2. The summed E-state index contributed by atoms with van der Waals surface area (Å²) in [5.74, 6) is -0.734. The van der Waals surface area contributed by atoms with Gasteiger partial charge in [-0.25, -0.2) is 0 Å². The summed E-state index contributed by atoms with van der Waals surface area (Å²) in [6.07, 6.45) is 3.80. The van der Waals surface area contributed by atoms with Crippen molar-refractivity contribution in [1.29, 1.82) is 0 Å². The van der Waals surface area contributed by atoms with Crippen LogP contribution in [0.5, 0.6) is 0 Å². The van der Waals surface area contributed by atoms with E-state index < -0.39 is 17.3 Å². The smallest absolute Gasteiger partial charge is 0.308 e. The first kappa shape index (κ1) is 20.7. The van der Waals surface area contributed by atoms with E-state index in [9.17, 15) is 14.4 Å². The average molecular weight is 405 g/mol. The number of carbonyl (C=O) groups excluding carboxylic acids is 3. The van der Waals surface area contributed by atoms with Gasteiger partial charge in [-0.15, -0.1) is 11.8 Å². The molecule has 152 valence electrons. The van der Waals surface area contributed by atoms with Crippen LogP contribution < -0.4 is 10.6 Å². The van der Waals surface area contributed by atoms with Crippen LogP contribution in [0.2, 0.25) is 0 Å². The fraction of sp³-hybridized carbons (Fsp3) is 0.571. The van der Waals surface area contributed by atoms with Crippen LogP contribution in [0.4, 0.5) is 5.69 Å². The Balaban J connectivity index is 1.58. The molecular weight excluding hydrogens is 376 g/mol. The molecule has 1 aromatic carbocycles. The van der Waals surface area contributed by atoms with E-state index in [2.05, 4.69) is 10.6 Å². The number of ether oxygens (including phenoxy) is 1. The molecule has 6 nitrogen and oxygen atoms in total. The van der Waals surface area contributed by atoms with Gasteiger partial charge in [0.05, 0.1) is 17.4 Å². The summed E-state index contributed by atoms with van der Waals surface area (Å²) in [5.41, 5.74) is 0.760. The van der Waals surface area contributed by atoms with E-state index in [1.54, 1.807) is 0 Å². The standard InChI is InChI=1S/C21H28N2O4S/c1-13(2)11-16(20(25)22-14-7-3-4-8-14)27-19(24)12-18-21(26)23-15-9-5-6-10-17(15)28-18/h5-6,9-10,13-14,16,18H,3-4,7-8,11-12H2,1-2H3,(H,22,25)(H,23,26)/t16-,18-/m0/s1. The zero-order chi connectivity index (χ0) is 20.1. The summed E-state index contributed by atoms with van der Waals surface area (Å²) in [5, 5.41) is 5.28.